The molecule has 0 saturated carbocycles. The van der Waals surface area contributed by atoms with E-state index in [0.717, 1.165) is 0 Å². The second-order valence-electron chi connectivity index (χ2n) is 2.90. The molecular formula is C8H13NO. The summed E-state index contributed by atoms with van der Waals surface area (Å²) in [5.41, 5.74) is 5.46. The van der Waals surface area contributed by atoms with Crippen molar-refractivity contribution in [3.05, 3.63) is 24.3 Å². The van der Waals surface area contributed by atoms with Gasteiger partial charge in [-0.3, -0.25) is 0 Å². The predicted molar refractivity (Wildman–Crippen MR) is 41.4 cm³/mol. The Morgan fingerprint density at radius 3 is 2.70 bits per heavy atom. The van der Waals surface area contributed by atoms with E-state index in [1.807, 2.05) is 31.2 Å². The molecule has 1 aliphatic rings. The fraction of sp³-hybridized carbons (Fsp3) is 0.500. The van der Waals surface area contributed by atoms with Crippen molar-refractivity contribution in [2.24, 2.45) is 11.7 Å². The van der Waals surface area contributed by atoms with Crippen LogP contribution in [0.1, 0.15) is 6.92 Å². The first-order chi connectivity index (χ1) is 4.67. The van der Waals surface area contributed by atoms with Crippen molar-refractivity contribution in [1.29, 1.82) is 0 Å². The van der Waals surface area contributed by atoms with Gasteiger partial charge in [-0.1, -0.05) is 24.3 Å². The van der Waals surface area contributed by atoms with Gasteiger partial charge in [0.15, 0.2) is 0 Å². The van der Waals surface area contributed by atoms with E-state index < -0.39 is 0 Å². The monoisotopic (exact) mass is 139 g/mol. The maximum absolute atomic E-state index is 8.86. The lowest BCUT2D eigenvalue weighted by molar-refractivity contribution is 0.214. The number of hydrogen-bond donors (Lipinski definition) is 2. The SMILES string of the molecule is C[C@]1(N)C=CC=C[C@H]1CO. The van der Waals surface area contributed by atoms with Crippen molar-refractivity contribution < 1.29 is 5.11 Å². The molecule has 1 aliphatic carbocycles. The van der Waals surface area contributed by atoms with Crippen LogP contribution >= 0.6 is 0 Å². The highest BCUT2D eigenvalue weighted by atomic mass is 16.3. The summed E-state index contributed by atoms with van der Waals surface area (Å²) < 4.78 is 0. The molecule has 2 atom stereocenters. The van der Waals surface area contributed by atoms with Gasteiger partial charge in [-0.05, 0) is 6.92 Å². The van der Waals surface area contributed by atoms with Gasteiger partial charge in [0.2, 0.25) is 0 Å². The zero-order valence-electron chi connectivity index (χ0n) is 6.12. The van der Waals surface area contributed by atoms with E-state index in [1.54, 1.807) is 0 Å². The Hall–Kier alpha value is -0.600. The lowest BCUT2D eigenvalue weighted by atomic mass is 9.84. The average molecular weight is 139 g/mol. The van der Waals surface area contributed by atoms with Crippen LogP contribution in [0.4, 0.5) is 0 Å². The van der Waals surface area contributed by atoms with E-state index in [-0.39, 0.29) is 18.1 Å². The summed E-state index contributed by atoms with van der Waals surface area (Å²) in [6, 6.07) is 0. The summed E-state index contributed by atoms with van der Waals surface area (Å²) in [5, 5.41) is 8.86. The van der Waals surface area contributed by atoms with Crippen LogP contribution in [-0.2, 0) is 0 Å². The molecule has 0 heterocycles. The highest BCUT2D eigenvalue weighted by Gasteiger charge is 2.25. The quantitative estimate of drug-likeness (QED) is 0.553. The molecular weight excluding hydrogens is 126 g/mol. The Balaban J connectivity index is 2.74. The Morgan fingerprint density at radius 1 is 1.60 bits per heavy atom. The summed E-state index contributed by atoms with van der Waals surface area (Å²) in [5.74, 6) is 0.0671. The van der Waals surface area contributed by atoms with Gasteiger partial charge in [0.1, 0.15) is 0 Å². The van der Waals surface area contributed by atoms with Gasteiger partial charge in [0.25, 0.3) is 0 Å². The molecule has 0 radical (unpaired) electrons. The summed E-state index contributed by atoms with van der Waals surface area (Å²) in [6.45, 7) is 2.03. The molecule has 56 valence electrons. The van der Waals surface area contributed by atoms with Crippen LogP contribution < -0.4 is 5.73 Å². The fourth-order valence-corrected chi connectivity index (χ4v) is 1.05. The van der Waals surface area contributed by atoms with E-state index >= 15 is 0 Å². The molecule has 0 aliphatic heterocycles. The van der Waals surface area contributed by atoms with E-state index in [0.29, 0.717) is 0 Å². The van der Waals surface area contributed by atoms with Crippen molar-refractivity contribution in [2.45, 2.75) is 12.5 Å². The number of allylic oxidation sites excluding steroid dienone is 2. The zero-order chi connectivity index (χ0) is 7.61. The van der Waals surface area contributed by atoms with Crippen LogP contribution in [0.3, 0.4) is 0 Å². The van der Waals surface area contributed by atoms with Gasteiger partial charge in [-0.15, -0.1) is 0 Å². The minimum Gasteiger partial charge on any atom is -0.396 e. The summed E-state index contributed by atoms with van der Waals surface area (Å²) in [7, 11) is 0. The topological polar surface area (TPSA) is 46.2 Å². The number of aliphatic hydroxyl groups is 1. The third-order valence-electron chi connectivity index (χ3n) is 1.91. The molecule has 0 saturated heterocycles. The van der Waals surface area contributed by atoms with Gasteiger partial charge >= 0.3 is 0 Å². The van der Waals surface area contributed by atoms with Crippen LogP contribution in [0.25, 0.3) is 0 Å². The number of rotatable bonds is 1. The van der Waals surface area contributed by atoms with Gasteiger partial charge < -0.3 is 10.8 Å². The van der Waals surface area contributed by atoms with Gasteiger partial charge in [-0.25, -0.2) is 0 Å². The molecule has 0 amide bonds. The first kappa shape index (κ1) is 7.51. The molecule has 0 aromatic heterocycles. The van der Waals surface area contributed by atoms with Crippen LogP contribution in [0.2, 0.25) is 0 Å². The van der Waals surface area contributed by atoms with Gasteiger partial charge in [0.05, 0.1) is 6.61 Å². The fourth-order valence-electron chi connectivity index (χ4n) is 1.05. The van der Waals surface area contributed by atoms with Gasteiger partial charge in [-0.2, -0.15) is 0 Å². The van der Waals surface area contributed by atoms with Crippen molar-refractivity contribution in [3.63, 3.8) is 0 Å². The van der Waals surface area contributed by atoms with Crippen molar-refractivity contribution in [2.75, 3.05) is 6.61 Å². The molecule has 2 heteroatoms. The molecule has 0 bridgehead atoms. The largest absolute Gasteiger partial charge is 0.396 e. The Morgan fingerprint density at radius 2 is 2.30 bits per heavy atom. The first-order valence-electron chi connectivity index (χ1n) is 3.42. The Bertz CT molecular complexity index is 170. The third kappa shape index (κ3) is 1.28. The molecule has 0 aromatic rings. The molecule has 10 heavy (non-hydrogen) atoms. The maximum Gasteiger partial charge on any atom is 0.0514 e. The van der Waals surface area contributed by atoms with E-state index in [2.05, 4.69) is 0 Å². The minimum absolute atomic E-state index is 0.0671. The third-order valence-corrected chi connectivity index (χ3v) is 1.91. The summed E-state index contributed by atoms with van der Waals surface area (Å²) in [6.07, 6.45) is 7.66. The van der Waals surface area contributed by atoms with E-state index in [1.165, 1.54) is 0 Å². The summed E-state index contributed by atoms with van der Waals surface area (Å²) >= 11 is 0. The standard InChI is InChI=1S/C8H13NO/c1-8(9)5-3-2-4-7(8)6-10/h2-5,7,10H,6,9H2,1H3/t7-,8-/m0/s1. The van der Waals surface area contributed by atoms with Crippen molar-refractivity contribution in [3.8, 4) is 0 Å². The van der Waals surface area contributed by atoms with Crippen molar-refractivity contribution >= 4 is 0 Å². The lowest BCUT2D eigenvalue weighted by Gasteiger charge is -2.29. The van der Waals surface area contributed by atoms with E-state index in [9.17, 15) is 0 Å². The highest BCUT2D eigenvalue weighted by molar-refractivity contribution is 5.22. The first-order valence-corrected chi connectivity index (χ1v) is 3.42. The Kier molecular flexibility index (Phi) is 1.92. The van der Waals surface area contributed by atoms with Crippen LogP contribution in [0, 0.1) is 5.92 Å². The second-order valence-corrected chi connectivity index (χ2v) is 2.90. The number of nitrogens with two attached hydrogens (primary N) is 1. The number of aliphatic hydroxyl groups excluding tert-OH is 1. The molecule has 0 spiro atoms. The van der Waals surface area contributed by atoms with Crippen LogP contribution in [0.5, 0.6) is 0 Å². The molecule has 3 N–H and O–H groups in total. The lowest BCUT2D eigenvalue weighted by Crippen LogP contribution is -2.43. The van der Waals surface area contributed by atoms with Gasteiger partial charge in [0, 0.05) is 11.5 Å². The zero-order valence-corrected chi connectivity index (χ0v) is 6.12. The van der Waals surface area contributed by atoms with Crippen LogP contribution in [0.15, 0.2) is 24.3 Å². The van der Waals surface area contributed by atoms with E-state index in [4.69, 9.17) is 10.8 Å². The Labute approximate surface area is 61.0 Å². The average Bonchev–Trinajstić information content (AvgIpc) is 1.87. The number of hydrogen-bond acceptors (Lipinski definition) is 2. The normalized spacial score (nSPS) is 38.5. The molecule has 1 rings (SSSR count). The molecule has 0 aromatic carbocycles. The predicted octanol–water partition coefficient (Wildman–Crippen LogP) is 0.438. The second kappa shape index (κ2) is 2.56. The minimum atomic E-state index is -0.372. The van der Waals surface area contributed by atoms with Crippen LogP contribution in [-0.4, -0.2) is 17.3 Å². The molecule has 2 nitrogen and oxygen atoms in total. The summed E-state index contributed by atoms with van der Waals surface area (Å²) in [4.78, 5) is 0. The maximum atomic E-state index is 8.86. The van der Waals surface area contributed by atoms with Crippen molar-refractivity contribution in [1.82, 2.24) is 0 Å². The molecule has 0 fully saturated rings. The highest BCUT2D eigenvalue weighted by Crippen LogP contribution is 2.20. The smallest absolute Gasteiger partial charge is 0.0514 e. The molecule has 0 unspecified atom stereocenters.